The Morgan fingerprint density at radius 1 is 1.30 bits per heavy atom. The largest absolute Gasteiger partial charge is 0.480 e. The summed E-state index contributed by atoms with van der Waals surface area (Å²) < 4.78 is 0. The Morgan fingerprint density at radius 3 is 2.60 bits per heavy atom. The van der Waals surface area contributed by atoms with E-state index < -0.39 is 18.0 Å². The molecule has 2 unspecified atom stereocenters. The number of urea groups is 1. The van der Waals surface area contributed by atoms with Crippen LogP contribution in [0.4, 0.5) is 4.79 Å². The summed E-state index contributed by atoms with van der Waals surface area (Å²) in [5.41, 5.74) is 1.17. The standard InChI is InChI=1S/C14H18N2O4/c17-7-6-11(13(18)19)15-14(20)16-12-8-10(12)9-4-2-1-3-5-9/h1-5,10-12,17H,6-8H2,(H,18,19)(H2,15,16,20)/t10?,11-,12?/m1/s1. The second-order valence-corrected chi connectivity index (χ2v) is 4.88. The van der Waals surface area contributed by atoms with Crippen LogP contribution in [-0.2, 0) is 4.79 Å². The average Bonchev–Trinajstić information content (AvgIpc) is 3.18. The maximum absolute atomic E-state index is 11.7. The summed E-state index contributed by atoms with van der Waals surface area (Å²) in [6.07, 6.45) is 0.852. The van der Waals surface area contributed by atoms with Gasteiger partial charge in [-0.1, -0.05) is 30.3 Å². The molecule has 1 aromatic carbocycles. The first-order valence-corrected chi connectivity index (χ1v) is 6.57. The van der Waals surface area contributed by atoms with Gasteiger partial charge in [0.25, 0.3) is 0 Å². The highest BCUT2D eigenvalue weighted by Gasteiger charge is 2.39. The van der Waals surface area contributed by atoms with Crippen molar-refractivity contribution < 1.29 is 19.8 Å². The predicted octanol–water partition coefficient (Wildman–Crippen LogP) is 0.677. The van der Waals surface area contributed by atoms with E-state index in [4.69, 9.17) is 10.2 Å². The predicted molar refractivity (Wildman–Crippen MR) is 72.4 cm³/mol. The highest BCUT2D eigenvalue weighted by Crippen LogP contribution is 2.40. The Labute approximate surface area is 116 Å². The molecule has 0 heterocycles. The molecule has 1 aliphatic rings. The first-order valence-electron chi connectivity index (χ1n) is 6.57. The van der Waals surface area contributed by atoms with Crippen LogP contribution in [0.15, 0.2) is 30.3 Å². The number of aliphatic hydroxyl groups excluding tert-OH is 1. The molecule has 1 saturated carbocycles. The molecule has 108 valence electrons. The Bertz CT molecular complexity index is 477. The molecule has 6 heteroatoms. The van der Waals surface area contributed by atoms with Crippen molar-refractivity contribution in [2.45, 2.75) is 30.8 Å². The van der Waals surface area contributed by atoms with Crippen molar-refractivity contribution in [2.24, 2.45) is 0 Å². The molecule has 2 amide bonds. The quantitative estimate of drug-likeness (QED) is 0.615. The van der Waals surface area contributed by atoms with Crippen molar-refractivity contribution in [3.05, 3.63) is 35.9 Å². The lowest BCUT2D eigenvalue weighted by Crippen LogP contribution is -2.47. The lowest BCUT2D eigenvalue weighted by Gasteiger charge is -2.14. The van der Waals surface area contributed by atoms with Gasteiger partial charge in [-0.05, 0) is 12.0 Å². The van der Waals surface area contributed by atoms with Crippen LogP contribution < -0.4 is 10.6 Å². The number of nitrogens with one attached hydrogen (secondary N) is 2. The topological polar surface area (TPSA) is 98.7 Å². The van der Waals surface area contributed by atoms with Gasteiger partial charge < -0.3 is 20.8 Å². The Morgan fingerprint density at radius 2 is 2.00 bits per heavy atom. The number of aliphatic hydroxyl groups is 1. The van der Waals surface area contributed by atoms with E-state index in [1.54, 1.807) is 0 Å². The van der Waals surface area contributed by atoms with Gasteiger partial charge in [-0.15, -0.1) is 0 Å². The van der Waals surface area contributed by atoms with Crippen LogP contribution in [0.25, 0.3) is 0 Å². The molecular weight excluding hydrogens is 260 g/mol. The molecule has 1 aromatic rings. The molecule has 0 spiro atoms. The summed E-state index contributed by atoms with van der Waals surface area (Å²) >= 11 is 0. The average molecular weight is 278 g/mol. The molecule has 4 N–H and O–H groups in total. The fraction of sp³-hybridized carbons (Fsp3) is 0.429. The van der Waals surface area contributed by atoms with Crippen LogP contribution in [-0.4, -0.2) is 40.9 Å². The summed E-state index contributed by atoms with van der Waals surface area (Å²) in [4.78, 5) is 22.6. The first kappa shape index (κ1) is 14.3. The van der Waals surface area contributed by atoms with Crippen LogP contribution in [0.2, 0.25) is 0 Å². The van der Waals surface area contributed by atoms with Gasteiger partial charge in [0, 0.05) is 25.0 Å². The molecule has 0 radical (unpaired) electrons. The smallest absolute Gasteiger partial charge is 0.326 e. The monoisotopic (exact) mass is 278 g/mol. The van der Waals surface area contributed by atoms with Gasteiger partial charge in [0.1, 0.15) is 6.04 Å². The summed E-state index contributed by atoms with van der Waals surface area (Å²) in [5, 5.41) is 22.7. The van der Waals surface area contributed by atoms with Crippen LogP contribution in [0.3, 0.4) is 0 Å². The maximum Gasteiger partial charge on any atom is 0.326 e. The number of aliphatic carboxylic acids is 1. The highest BCUT2D eigenvalue weighted by molar-refractivity contribution is 5.82. The molecule has 1 aliphatic carbocycles. The highest BCUT2D eigenvalue weighted by atomic mass is 16.4. The lowest BCUT2D eigenvalue weighted by molar-refractivity contribution is -0.139. The van der Waals surface area contributed by atoms with Crippen LogP contribution >= 0.6 is 0 Å². The fourth-order valence-corrected chi connectivity index (χ4v) is 2.18. The molecule has 0 bridgehead atoms. The fourth-order valence-electron chi connectivity index (χ4n) is 2.18. The second kappa shape index (κ2) is 6.38. The summed E-state index contributed by atoms with van der Waals surface area (Å²) in [6.45, 7) is -0.284. The van der Waals surface area contributed by atoms with E-state index in [1.807, 2.05) is 30.3 Å². The van der Waals surface area contributed by atoms with Gasteiger partial charge in [-0.2, -0.15) is 0 Å². The molecule has 3 atom stereocenters. The SMILES string of the molecule is O=C(NC1CC1c1ccccc1)N[C@H](CCO)C(=O)O. The lowest BCUT2D eigenvalue weighted by atomic mass is 10.1. The molecule has 0 aromatic heterocycles. The number of amides is 2. The normalized spacial score (nSPS) is 21.9. The van der Waals surface area contributed by atoms with E-state index in [0.717, 1.165) is 6.42 Å². The zero-order valence-electron chi connectivity index (χ0n) is 11.0. The van der Waals surface area contributed by atoms with Gasteiger partial charge in [0.05, 0.1) is 0 Å². The van der Waals surface area contributed by atoms with Crippen molar-refractivity contribution in [3.63, 3.8) is 0 Å². The first-order chi connectivity index (χ1) is 9.61. The summed E-state index contributed by atoms with van der Waals surface area (Å²) in [5.74, 6) is -0.854. The number of hydrogen-bond acceptors (Lipinski definition) is 3. The molecule has 1 fully saturated rings. The minimum Gasteiger partial charge on any atom is -0.480 e. The molecule has 0 saturated heterocycles. The number of benzene rings is 1. The van der Waals surface area contributed by atoms with Crippen molar-refractivity contribution in [1.82, 2.24) is 10.6 Å². The van der Waals surface area contributed by atoms with Crippen LogP contribution in [0, 0.1) is 0 Å². The number of carboxylic acids is 1. The molecule has 20 heavy (non-hydrogen) atoms. The third-order valence-corrected chi connectivity index (χ3v) is 3.36. The number of carbonyl (C=O) groups is 2. The summed E-state index contributed by atoms with van der Waals surface area (Å²) in [6, 6.07) is 8.34. The third kappa shape index (κ3) is 3.71. The Kier molecular flexibility index (Phi) is 4.57. The van der Waals surface area contributed by atoms with Gasteiger partial charge in [-0.25, -0.2) is 9.59 Å². The number of carbonyl (C=O) groups excluding carboxylic acids is 1. The maximum atomic E-state index is 11.7. The second-order valence-electron chi connectivity index (χ2n) is 4.88. The Balaban J connectivity index is 1.80. The van der Waals surface area contributed by atoms with Crippen molar-refractivity contribution in [1.29, 1.82) is 0 Å². The minimum atomic E-state index is -1.15. The molecular formula is C14H18N2O4. The zero-order chi connectivity index (χ0) is 14.5. The molecule has 0 aliphatic heterocycles. The number of carboxylic acid groups (broad SMARTS) is 1. The van der Waals surface area contributed by atoms with Gasteiger partial charge in [0.15, 0.2) is 0 Å². The summed E-state index contributed by atoms with van der Waals surface area (Å²) in [7, 11) is 0. The van der Waals surface area contributed by atoms with E-state index in [0.29, 0.717) is 5.92 Å². The molecule has 2 rings (SSSR count). The van der Waals surface area contributed by atoms with E-state index >= 15 is 0 Å². The van der Waals surface area contributed by atoms with Crippen molar-refractivity contribution in [2.75, 3.05) is 6.61 Å². The minimum absolute atomic E-state index is 0.00443. The number of rotatable bonds is 6. The Hall–Kier alpha value is -2.08. The van der Waals surface area contributed by atoms with Crippen LogP contribution in [0.1, 0.15) is 24.3 Å². The van der Waals surface area contributed by atoms with E-state index in [1.165, 1.54) is 5.56 Å². The van der Waals surface area contributed by atoms with Gasteiger partial charge in [-0.3, -0.25) is 0 Å². The van der Waals surface area contributed by atoms with E-state index in [-0.39, 0.29) is 19.1 Å². The number of hydrogen-bond donors (Lipinski definition) is 4. The van der Waals surface area contributed by atoms with E-state index in [9.17, 15) is 9.59 Å². The van der Waals surface area contributed by atoms with Crippen LogP contribution in [0.5, 0.6) is 0 Å². The molecule has 6 nitrogen and oxygen atoms in total. The van der Waals surface area contributed by atoms with Crippen molar-refractivity contribution in [3.8, 4) is 0 Å². The van der Waals surface area contributed by atoms with Crippen molar-refractivity contribution >= 4 is 12.0 Å². The van der Waals surface area contributed by atoms with Gasteiger partial charge in [0.2, 0.25) is 0 Å². The van der Waals surface area contributed by atoms with Gasteiger partial charge >= 0.3 is 12.0 Å². The zero-order valence-corrected chi connectivity index (χ0v) is 11.0. The van der Waals surface area contributed by atoms with E-state index in [2.05, 4.69) is 10.6 Å². The third-order valence-electron chi connectivity index (χ3n) is 3.36.